The van der Waals surface area contributed by atoms with Crippen LogP contribution >= 0.6 is 0 Å². The van der Waals surface area contributed by atoms with Gasteiger partial charge in [0.2, 0.25) is 0 Å². The van der Waals surface area contributed by atoms with E-state index in [2.05, 4.69) is 0 Å². The first kappa shape index (κ1) is 10.8. The number of hydrogen-bond acceptors (Lipinski definition) is 4. The summed E-state index contributed by atoms with van der Waals surface area (Å²) in [5.41, 5.74) is 6.23. The Morgan fingerprint density at radius 2 is 2.06 bits per heavy atom. The first-order valence-corrected chi connectivity index (χ1v) is 5.14. The molecular weight excluding hydrogens is 208 g/mol. The average Bonchev–Trinajstić information content (AvgIpc) is 2.29. The summed E-state index contributed by atoms with van der Waals surface area (Å²) >= 11 is 0. The minimum absolute atomic E-state index is 0.0727. The zero-order chi connectivity index (χ0) is 11.5. The van der Waals surface area contributed by atoms with E-state index in [9.17, 15) is 9.90 Å². The SMILES string of the molecule is Nc1ccc(C(=O)N2CCOCC2)c(O)c1. The third kappa shape index (κ3) is 2.09. The molecule has 1 fully saturated rings. The molecule has 1 aromatic carbocycles. The highest BCUT2D eigenvalue weighted by Gasteiger charge is 2.20. The summed E-state index contributed by atoms with van der Waals surface area (Å²) in [6.45, 7) is 2.20. The Hall–Kier alpha value is -1.75. The quantitative estimate of drug-likeness (QED) is 0.676. The molecule has 86 valence electrons. The first-order valence-electron chi connectivity index (χ1n) is 5.14. The first-order chi connectivity index (χ1) is 7.68. The maximum Gasteiger partial charge on any atom is 0.257 e. The zero-order valence-electron chi connectivity index (χ0n) is 8.85. The van der Waals surface area contributed by atoms with E-state index in [1.54, 1.807) is 17.0 Å². The van der Waals surface area contributed by atoms with Gasteiger partial charge >= 0.3 is 0 Å². The molecule has 2 rings (SSSR count). The summed E-state index contributed by atoms with van der Waals surface area (Å²) < 4.78 is 5.16. The molecule has 16 heavy (non-hydrogen) atoms. The molecule has 0 saturated carbocycles. The number of nitrogens with two attached hydrogens (primary N) is 1. The molecule has 0 bridgehead atoms. The lowest BCUT2D eigenvalue weighted by atomic mass is 10.1. The van der Waals surface area contributed by atoms with Gasteiger partial charge in [-0.05, 0) is 12.1 Å². The molecule has 0 spiro atoms. The summed E-state index contributed by atoms with van der Waals surface area (Å²) in [5, 5.41) is 9.63. The van der Waals surface area contributed by atoms with E-state index < -0.39 is 0 Å². The van der Waals surface area contributed by atoms with Crippen molar-refractivity contribution >= 4 is 11.6 Å². The van der Waals surface area contributed by atoms with Gasteiger partial charge in [0, 0.05) is 24.8 Å². The minimum Gasteiger partial charge on any atom is -0.507 e. The van der Waals surface area contributed by atoms with Crippen LogP contribution in [0.3, 0.4) is 0 Å². The highest BCUT2D eigenvalue weighted by atomic mass is 16.5. The van der Waals surface area contributed by atoms with Crippen LogP contribution in [0.4, 0.5) is 5.69 Å². The number of aromatic hydroxyl groups is 1. The van der Waals surface area contributed by atoms with Gasteiger partial charge in [0.25, 0.3) is 5.91 Å². The lowest BCUT2D eigenvalue weighted by molar-refractivity contribution is 0.0301. The van der Waals surface area contributed by atoms with Crippen LogP contribution in [-0.4, -0.2) is 42.2 Å². The van der Waals surface area contributed by atoms with Crippen LogP contribution in [-0.2, 0) is 4.74 Å². The number of ether oxygens (including phenoxy) is 1. The standard InChI is InChI=1S/C11H14N2O3/c12-8-1-2-9(10(14)7-8)11(15)13-3-5-16-6-4-13/h1-2,7,14H,3-6,12H2. The van der Waals surface area contributed by atoms with E-state index in [4.69, 9.17) is 10.5 Å². The van der Waals surface area contributed by atoms with Crippen molar-refractivity contribution in [3.8, 4) is 5.75 Å². The molecule has 0 unspecified atom stereocenters. The highest BCUT2D eigenvalue weighted by Crippen LogP contribution is 2.21. The van der Waals surface area contributed by atoms with Crippen LogP contribution < -0.4 is 5.73 Å². The third-order valence-electron chi connectivity index (χ3n) is 2.55. The molecule has 0 radical (unpaired) electrons. The van der Waals surface area contributed by atoms with Crippen LogP contribution in [0.15, 0.2) is 18.2 Å². The van der Waals surface area contributed by atoms with Gasteiger partial charge in [-0.3, -0.25) is 4.79 Å². The number of amides is 1. The number of benzene rings is 1. The lowest BCUT2D eigenvalue weighted by Crippen LogP contribution is -2.40. The van der Waals surface area contributed by atoms with Crippen LogP contribution in [0.1, 0.15) is 10.4 Å². The van der Waals surface area contributed by atoms with E-state index in [1.165, 1.54) is 6.07 Å². The molecule has 0 aromatic heterocycles. The third-order valence-corrected chi connectivity index (χ3v) is 2.55. The van der Waals surface area contributed by atoms with Gasteiger partial charge in [0.1, 0.15) is 5.75 Å². The Labute approximate surface area is 93.4 Å². The van der Waals surface area contributed by atoms with Gasteiger partial charge in [-0.2, -0.15) is 0 Å². The number of carbonyl (C=O) groups is 1. The second-order valence-corrected chi connectivity index (χ2v) is 3.68. The van der Waals surface area contributed by atoms with Crippen molar-refractivity contribution in [1.82, 2.24) is 4.90 Å². The number of phenolic OH excluding ortho intramolecular Hbond substituents is 1. The molecule has 0 aliphatic carbocycles. The number of carbonyl (C=O) groups excluding carboxylic acids is 1. The molecule has 1 aliphatic heterocycles. The minimum atomic E-state index is -0.180. The van der Waals surface area contributed by atoms with Gasteiger partial charge in [-0.25, -0.2) is 0 Å². The monoisotopic (exact) mass is 222 g/mol. The van der Waals surface area contributed by atoms with E-state index in [0.29, 0.717) is 32.0 Å². The summed E-state index contributed by atoms with van der Waals surface area (Å²) in [6, 6.07) is 4.53. The van der Waals surface area contributed by atoms with Gasteiger partial charge < -0.3 is 20.5 Å². The maximum atomic E-state index is 12.0. The maximum absolute atomic E-state index is 12.0. The van der Waals surface area contributed by atoms with Gasteiger partial charge in [-0.15, -0.1) is 0 Å². The Morgan fingerprint density at radius 1 is 1.38 bits per heavy atom. The largest absolute Gasteiger partial charge is 0.507 e. The van der Waals surface area contributed by atoms with Crippen molar-refractivity contribution in [2.24, 2.45) is 0 Å². The molecule has 5 nitrogen and oxygen atoms in total. The van der Waals surface area contributed by atoms with E-state index in [1.807, 2.05) is 0 Å². The molecule has 5 heteroatoms. The van der Waals surface area contributed by atoms with Crippen molar-refractivity contribution in [3.05, 3.63) is 23.8 Å². The Kier molecular flexibility index (Phi) is 2.96. The second kappa shape index (κ2) is 4.40. The summed E-state index contributed by atoms with van der Waals surface area (Å²) in [7, 11) is 0. The topological polar surface area (TPSA) is 75.8 Å². The molecule has 0 atom stereocenters. The second-order valence-electron chi connectivity index (χ2n) is 3.68. The fraction of sp³-hybridized carbons (Fsp3) is 0.364. The van der Waals surface area contributed by atoms with Crippen molar-refractivity contribution in [1.29, 1.82) is 0 Å². The smallest absolute Gasteiger partial charge is 0.257 e. The predicted molar refractivity (Wildman–Crippen MR) is 59.2 cm³/mol. The van der Waals surface area contributed by atoms with Crippen molar-refractivity contribution in [2.75, 3.05) is 32.0 Å². The fourth-order valence-electron chi connectivity index (χ4n) is 1.67. The van der Waals surface area contributed by atoms with Crippen LogP contribution in [0, 0.1) is 0 Å². The van der Waals surface area contributed by atoms with Crippen molar-refractivity contribution in [3.63, 3.8) is 0 Å². The molecule has 1 aromatic rings. The van der Waals surface area contributed by atoms with Crippen LogP contribution in [0.25, 0.3) is 0 Å². The van der Waals surface area contributed by atoms with Crippen LogP contribution in [0.5, 0.6) is 5.75 Å². The van der Waals surface area contributed by atoms with Crippen molar-refractivity contribution < 1.29 is 14.6 Å². The molecule has 3 N–H and O–H groups in total. The normalized spacial score (nSPS) is 16.1. The number of phenols is 1. The summed E-state index contributed by atoms with van der Waals surface area (Å²) in [5.74, 6) is -0.253. The molecule has 1 amide bonds. The molecule has 1 aliphatic rings. The molecule has 1 heterocycles. The van der Waals surface area contributed by atoms with E-state index in [0.717, 1.165) is 0 Å². The molecular formula is C11H14N2O3. The Balaban J connectivity index is 2.19. The average molecular weight is 222 g/mol. The number of morpholine rings is 1. The summed E-state index contributed by atoms with van der Waals surface area (Å²) in [4.78, 5) is 13.7. The Morgan fingerprint density at radius 3 is 2.69 bits per heavy atom. The van der Waals surface area contributed by atoms with Crippen LogP contribution in [0.2, 0.25) is 0 Å². The fourth-order valence-corrected chi connectivity index (χ4v) is 1.67. The number of nitrogen functional groups attached to an aromatic ring is 1. The summed E-state index contributed by atoms with van der Waals surface area (Å²) in [6.07, 6.45) is 0. The number of rotatable bonds is 1. The number of hydrogen-bond donors (Lipinski definition) is 2. The Bertz CT molecular complexity index is 400. The van der Waals surface area contributed by atoms with E-state index >= 15 is 0 Å². The number of anilines is 1. The number of nitrogens with zero attached hydrogens (tertiary/aromatic N) is 1. The van der Waals surface area contributed by atoms with Gasteiger partial charge in [-0.1, -0.05) is 0 Å². The lowest BCUT2D eigenvalue weighted by Gasteiger charge is -2.27. The van der Waals surface area contributed by atoms with Gasteiger partial charge in [0.05, 0.1) is 18.8 Å². The predicted octanol–water partition coefficient (Wildman–Crippen LogP) is 0.447. The van der Waals surface area contributed by atoms with Gasteiger partial charge in [0.15, 0.2) is 0 Å². The molecule has 1 saturated heterocycles. The van der Waals surface area contributed by atoms with Crippen molar-refractivity contribution in [2.45, 2.75) is 0 Å². The van der Waals surface area contributed by atoms with E-state index in [-0.39, 0.29) is 17.2 Å². The zero-order valence-corrected chi connectivity index (χ0v) is 8.85. The highest BCUT2D eigenvalue weighted by molar-refractivity contribution is 5.97.